The molecule has 0 atom stereocenters. The second-order valence-electron chi connectivity index (χ2n) is 7.47. The highest BCUT2D eigenvalue weighted by molar-refractivity contribution is 5.76. The summed E-state index contributed by atoms with van der Waals surface area (Å²) in [5.74, 6) is 0.00221. The monoisotopic (exact) mass is 391 g/mol. The number of likely N-dealkylation sites (tertiary alicyclic amines) is 1. The van der Waals surface area contributed by atoms with E-state index in [-0.39, 0.29) is 23.7 Å². The molecule has 5 nitrogen and oxygen atoms in total. The molecule has 2 heterocycles. The minimum Gasteiger partial charge on any atom is -0.441 e. The quantitative estimate of drug-likeness (QED) is 0.696. The molecule has 152 valence electrons. The van der Waals surface area contributed by atoms with E-state index in [1.807, 2.05) is 0 Å². The number of hydrogen-bond donors (Lipinski definition) is 1. The molecular formula is C21H27F2N3O2. The zero-order chi connectivity index (χ0) is 19.9. The van der Waals surface area contributed by atoms with Gasteiger partial charge in [-0.15, -0.1) is 0 Å². The zero-order valence-corrected chi connectivity index (χ0v) is 16.2. The summed E-state index contributed by atoms with van der Waals surface area (Å²) >= 11 is 0. The summed E-state index contributed by atoms with van der Waals surface area (Å²) in [5, 5.41) is 2.92. The van der Waals surface area contributed by atoms with E-state index in [0.717, 1.165) is 38.0 Å². The van der Waals surface area contributed by atoms with Gasteiger partial charge in [-0.05, 0) is 56.9 Å². The van der Waals surface area contributed by atoms with Crippen LogP contribution in [-0.2, 0) is 11.2 Å². The zero-order valence-electron chi connectivity index (χ0n) is 16.2. The van der Waals surface area contributed by atoms with E-state index in [1.165, 1.54) is 31.2 Å². The molecule has 1 N–H and O–H groups in total. The van der Waals surface area contributed by atoms with Gasteiger partial charge in [-0.25, -0.2) is 13.8 Å². The molecule has 0 saturated carbocycles. The van der Waals surface area contributed by atoms with Crippen molar-refractivity contribution in [3.63, 3.8) is 0 Å². The van der Waals surface area contributed by atoms with Gasteiger partial charge < -0.3 is 14.6 Å². The standard InChI is InChI=1S/C21H27F2N3O2/c1-15-7-11-26(12-8-15)10-2-9-24-20(27)5-6-21-25-14-19(28-21)17-4-3-16(22)13-18(17)23/h3-4,13-15H,2,5-12H2,1H3,(H,24,27). The Kier molecular flexibility index (Phi) is 7.14. The van der Waals surface area contributed by atoms with Crippen molar-refractivity contribution in [3.8, 4) is 11.3 Å². The number of nitrogens with one attached hydrogen (secondary N) is 1. The SMILES string of the molecule is CC1CCN(CCCNC(=O)CCc2ncc(-c3ccc(F)cc3F)o2)CC1. The topological polar surface area (TPSA) is 58.4 Å². The Balaban J connectivity index is 1.36. The highest BCUT2D eigenvalue weighted by Gasteiger charge is 2.15. The van der Waals surface area contributed by atoms with Gasteiger partial charge in [0.2, 0.25) is 5.91 Å². The van der Waals surface area contributed by atoms with E-state index in [0.29, 0.717) is 18.9 Å². The molecule has 1 aliphatic rings. The first kappa shape index (κ1) is 20.5. The number of halogens is 2. The summed E-state index contributed by atoms with van der Waals surface area (Å²) in [6.45, 7) is 6.26. The number of benzene rings is 1. The third kappa shape index (κ3) is 5.86. The van der Waals surface area contributed by atoms with Crippen LogP contribution in [0.15, 0.2) is 28.8 Å². The van der Waals surface area contributed by atoms with Crippen LogP contribution in [0.2, 0.25) is 0 Å². The molecular weight excluding hydrogens is 364 g/mol. The van der Waals surface area contributed by atoms with Crippen LogP contribution in [0, 0.1) is 17.6 Å². The number of rotatable bonds is 8. The Morgan fingerprint density at radius 2 is 2.11 bits per heavy atom. The van der Waals surface area contributed by atoms with Crippen LogP contribution in [0.25, 0.3) is 11.3 Å². The third-order valence-electron chi connectivity index (χ3n) is 5.17. The summed E-state index contributed by atoms with van der Waals surface area (Å²) in [6.07, 6.45) is 5.43. The summed E-state index contributed by atoms with van der Waals surface area (Å²) in [7, 11) is 0. The molecule has 1 aromatic heterocycles. The normalized spacial score (nSPS) is 15.7. The average molecular weight is 391 g/mol. The number of aromatic nitrogens is 1. The molecule has 1 aromatic carbocycles. The Morgan fingerprint density at radius 1 is 1.32 bits per heavy atom. The smallest absolute Gasteiger partial charge is 0.220 e. The van der Waals surface area contributed by atoms with Gasteiger partial charge in [0.25, 0.3) is 0 Å². The number of piperidine rings is 1. The largest absolute Gasteiger partial charge is 0.441 e. The highest BCUT2D eigenvalue weighted by Crippen LogP contribution is 2.24. The Bertz CT molecular complexity index is 786. The molecule has 1 aliphatic heterocycles. The number of oxazole rings is 1. The number of carbonyl (C=O) groups excluding carboxylic acids is 1. The molecule has 3 rings (SSSR count). The van der Waals surface area contributed by atoms with Crippen molar-refractivity contribution >= 4 is 5.91 Å². The Morgan fingerprint density at radius 3 is 2.86 bits per heavy atom. The molecule has 1 amide bonds. The van der Waals surface area contributed by atoms with Crippen LogP contribution in [0.4, 0.5) is 8.78 Å². The van der Waals surface area contributed by atoms with E-state index in [9.17, 15) is 13.6 Å². The predicted molar refractivity (Wildman–Crippen MR) is 103 cm³/mol. The molecule has 28 heavy (non-hydrogen) atoms. The summed E-state index contributed by atoms with van der Waals surface area (Å²) < 4.78 is 32.3. The Labute approximate surface area is 164 Å². The predicted octanol–water partition coefficient (Wildman–Crippen LogP) is 3.79. The van der Waals surface area contributed by atoms with E-state index in [2.05, 4.69) is 22.1 Å². The Hall–Kier alpha value is -2.28. The summed E-state index contributed by atoms with van der Waals surface area (Å²) in [5.41, 5.74) is 0.150. The molecule has 0 unspecified atom stereocenters. The molecule has 0 bridgehead atoms. The molecule has 7 heteroatoms. The maximum Gasteiger partial charge on any atom is 0.220 e. The fourth-order valence-corrected chi connectivity index (χ4v) is 3.36. The van der Waals surface area contributed by atoms with Gasteiger partial charge in [0.15, 0.2) is 11.7 Å². The number of amides is 1. The van der Waals surface area contributed by atoms with Crippen molar-refractivity contribution in [1.29, 1.82) is 0 Å². The highest BCUT2D eigenvalue weighted by atomic mass is 19.1. The van der Waals surface area contributed by atoms with Gasteiger partial charge in [-0.2, -0.15) is 0 Å². The molecule has 0 radical (unpaired) electrons. The lowest BCUT2D eigenvalue weighted by atomic mass is 9.99. The van der Waals surface area contributed by atoms with Crippen LogP contribution >= 0.6 is 0 Å². The van der Waals surface area contributed by atoms with E-state index in [1.54, 1.807) is 0 Å². The van der Waals surface area contributed by atoms with Gasteiger partial charge in [0.1, 0.15) is 11.6 Å². The first-order valence-electron chi connectivity index (χ1n) is 9.90. The van der Waals surface area contributed by atoms with Crippen LogP contribution in [0.1, 0.15) is 38.5 Å². The number of hydrogen-bond acceptors (Lipinski definition) is 4. The van der Waals surface area contributed by atoms with E-state index < -0.39 is 11.6 Å². The second kappa shape index (κ2) is 9.78. The van der Waals surface area contributed by atoms with Crippen LogP contribution in [0.3, 0.4) is 0 Å². The molecule has 2 aromatic rings. The van der Waals surface area contributed by atoms with Gasteiger partial charge in [-0.3, -0.25) is 4.79 Å². The molecule has 1 fully saturated rings. The van der Waals surface area contributed by atoms with Crippen LogP contribution in [0.5, 0.6) is 0 Å². The van der Waals surface area contributed by atoms with Crippen molar-refractivity contribution in [1.82, 2.24) is 15.2 Å². The molecule has 0 spiro atoms. The van der Waals surface area contributed by atoms with Gasteiger partial charge >= 0.3 is 0 Å². The van der Waals surface area contributed by atoms with Crippen LogP contribution < -0.4 is 5.32 Å². The fraction of sp³-hybridized carbons (Fsp3) is 0.524. The van der Waals surface area contributed by atoms with Gasteiger partial charge in [0, 0.05) is 25.5 Å². The van der Waals surface area contributed by atoms with Gasteiger partial charge in [-0.1, -0.05) is 6.92 Å². The molecule has 1 saturated heterocycles. The number of nitrogens with zero attached hydrogens (tertiary/aromatic N) is 2. The van der Waals surface area contributed by atoms with Gasteiger partial charge in [0.05, 0.1) is 11.8 Å². The van der Waals surface area contributed by atoms with Crippen molar-refractivity contribution in [3.05, 3.63) is 41.9 Å². The average Bonchev–Trinajstić information content (AvgIpc) is 3.14. The van der Waals surface area contributed by atoms with E-state index in [4.69, 9.17) is 4.42 Å². The lowest BCUT2D eigenvalue weighted by molar-refractivity contribution is -0.121. The molecule has 0 aliphatic carbocycles. The first-order chi connectivity index (χ1) is 13.5. The maximum atomic E-state index is 13.8. The van der Waals surface area contributed by atoms with Crippen molar-refractivity contribution in [2.24, 2.45) is 5.92 Å². The van der Waals surface area contributed by atoms with Crippen molar-refractivity contribution in [2.75, 3.05) is 26.2 Å². The maximum absolute atomic E-state index is 13.8. The number of carbonyl (C=O) groups is 1. The van der Waals surface area contributed by atoms with Crippen LogP contribution in [-0.4, -0.2) is 42.0 Å². The number of aryl methyl sites for hydroxylation is 1. The lowest BCUT2D eigenvalue weighted by Crippen LogP contribution is -2.35. The minimum atomic E-state index is -0.705. The minimum absolute atomic E-state index is 0.0556. The summed E-state index contributed by atoms with van der Waals surface area (Å²) in [4.78, 5) is 18.5. The lowest BCUT2D eigenvalue weighted by Gasteiger charge is -2.30. The fourth-order valence-electron chi connectivity index (χ4n) is 3.36. The second-order valence-corrected chi connectivity index (χ2v) is 7.47. The first-order valence-corrected chi connectivity index (χ1v) is 9.90. The third-order valence-corrected chi connectivity index (χ3v) is 5.17. The van der Waals surface area contributed by atoms with Crippen molar-refractivity contribution in [2.45, 2.75) is 39.0 Å². The van der Waals surface area contributed by atoms with Crippen molar-refractivity contribution < 1.29 is 18.0 Å². The summed E-state index contributed by atoms with van der Waals surface area (Å²) in [6, 6.07) is 3.28. The van der Waals surface area contributed by atoms with E-state index >= 15 is 0 Å².